The lowest BCUT2D eigenvalue weighted by atomic mass is 10.1. The molecule has 0 N–H and O–H groups in total. The molecule has 2 nitrogen and oxygen atoms in total. The molecule has 0 unspecified atom stereocenters. The Kier molecular flexibility index (Phi) is 2.91. The third-order valence-corrected chi connectivity index (χ3v) is 3.51. The van der Waals surface area contributed by atoms with Crippen molar-refractivity contribution in [1.82, 2.24) is 9.97 Å². The van der Waals surface area contributed by atoms with Gasteiger partial charge in [0.05, 0.1) is 21.9 Å². The fourth-order valence-electron chi connectivity index (χ4n) is 2.04. The van der Waals surface area contributed by atoms with E-state index in [-0.39, 0.29) is 5.82 Å². The van der Waals surface area contributed by atoms with Crippen molar-refractivity contribution in [2.24, 2.45) is 0 Å². The molecular formula is C15H10ClFN2. The highest BCUT2D eigenvalue weighted by molar-refractivity contribution is 6.36. The molecule has 3 rings (SSSR count). The summed E-state index contributed by atoms with van der Waals surface area (Å²) >= 11 is 6.32. The Hall–Kier alpha value is -2.00. The minimum atomic E-state index is -0.318. The van der Waals surface area contributed by atoms with Crippen LogP contribution < -0.4 is 0 Å². The summed E-state index contributed by atoms with van der Waals surface area (Å²) in [4.78, 5) is 8.81. The molecule has 0 saturated carbocycles. The second-order valence-electron chi connectivity index (χ2n) is 4.28. The van der Waals surface area contributed by atoms with Crippen molar-refractivity contribution in [3.8, 4) is 11.4 Å². The summed E-state index contributed by atoms with van der Waals surface area (Å²) in [7, 11) is 0. The van der Waals surface area contributed by atoms with Crippen LogP contribution >= 0.6 is 11.6 Å². The SMILES string of the molecule is Cc1c(-c2ccccn2)nc2ccc(F)cc2c1Cl. The standard InChI is InChI=1S/C15H10ClFN2/c1-9-14(16)11-8-10(17)5-6-12(11)19-15(9)13-4-2-3-7-18-13/h2-8H,1H3. The molecule has 19 heavy (non-hydrogen) atoms. The summed E-state index contributed by atoms with van der Waals surface area (Å²) in [6.07, 6.45) is 1.71. The van der Waals surface area contributed by atoms with Gasteiger partial charge in [0.2, 0.25) is 0 Å². The molecule has 1 aromatic carbocycles. The molecule has 4 heteroatoms. The van der Waals surface area contributed by atoms with Gasteiger partial charge in [-0.2, -0.15) is 0 Å². The molecule has 0 aliphatic heterocycles. The number of hydrogen-bond acceptors (Lipinski definition) is 2. The van der Waals surface area contributed by atoms with Gasteiger partial charge < -0.3 is 0 Å². The highest BCUT2D eigenvalue weighted by atomic mass is 35.5. The van der Waals surface area contributed by atoms with Crippen molar-refractivity contribution in [3.63, 3.8) is 0 Å². The van der Waals surface area contributed by atoms with Gasteiger partial charge in [-0.15, -0.1) is 0 Å². The summed E-state index contributed by atoms with van der Waals surface area (Å²) in [6, 6.07) is 10.0. The Labute approximate surface area is 114 Å². The highest BCUT2D eigenvalue weighted by Crippen LogP contribution is 2.32. The van der Waals surface area contributed by atoms with Crippen molar-refractivity contribution in [3.05, 3.63) is 59.0 Å². The van der Waals surface area contributed by atoms with E-state index >= 15 is 0 Å². The Morgan fingerprint density at radius 1 is 1.16 bits per heavy atom. The maximum atomic E-state index is 13.3. The van der Waals surface area contributed by atoms with Gasteiger partial charge in [0.1, 0.15) is 5.82 Å². The first kappa shape index (κ1) is 12.1. The first-order valence-electron chi connectivity index (χ1n) is 5.83. The Morgan fingerprint density at radius 2 is 2.00 bits per heavy atom. The molecule has 3 aromatic rings. The lowest BCUT2D eigenvalue weighted by Crippen LogP contribution is -1.94. The van der Waals surface area contributed by atoms with Gasteiger partial charge in [-0.05, 0) is 42.8 Å². The summed E-state index contributed by atoms with van der Waals surface area (Å²) in [5, 5.41) is 1.14. The van der Waals surface area contributed by atoms with E-state index in [4.69, 9.17) is 11.6 Å². The average Bonchev–Trinajstić information content (AvgIpc) is 2.44. The zero-order valence-corrected chi connectivity index (χ0v) is 10.9. The smallest absolute Gasteiger partial charge is 0.124 e. The molecule has 0 aliphatic carbocycles. The van der Waals surface area contributed by atoms with Crippen LogP contribution in [-0.4, -0.2) is 9.97 Å². The lowest BCUT2D eigenvalue weighted by Gasteiger charge is -2.09. The number of fused-ring (bicyclic) bond motifs is 1. The number of benzene rings is 1. The summed E-state index contributed by atoms with van der Waals surface area (Å²) in [6.45, 7) is 1.86. The summed E-state index contributed by atoms with van der Waals surface area (Å²) < 4.78 is 13.3. The minimum Gasteiger partial charge on any atom is -0.255 e. The van der Waals surface area contributed by atoms with Gasteiger partial charge in [-0.1, -0.05) is 17.7 Å². The molecule has 2 aromatic heterocycles. The van der Waals surface area contributed by atoms with E-state index in [1.165, 1.54) is 12.1 Å². The first-order valence-corrected chi connectivity index (χ1v) is 6.21. The Balaban J connectivity index is 2.34. The van der Waals surface area contributed by atoms with Crippen LogP contribution in [0, 0.1) is 12.7 Å². The van der Waals surface area contributed by atoms with Crippen LogP contribution in [0.15, 0.2) is 42.6 Å². The van der Waals surface area contributed by atoms with Crippen LogP contribution in [0.5, 0.6) is 0 Å². The second-order valence-corrected chi connectivity index (χ2v) is 4.65. The van der Waals surface area contributed by atoms with E-state index in [0.29, 0.717) is 15.9 Å². The quantitative estimate of drug-likeness (QED) is 0.656. The normalized spacial score (nSPS) is 10.9. The third kappa shape index (κ3) is 2.06. The average molecular weight is 273 g/mol. The van der Waals surface area contributed by atoms with Crippen molar-refractivity contribution in [2.75, 3.05) is 0 Å². The maximum absolute atomic E-state index is 13.3. The van der Waals surface area contributed by atoms with Gasteiger partial charge in [0, 0.05) is 11.6 Å². The molecular weight excluding hydrogens is 263 g/mol. The molecule has 0 radical (unpaired) electrons. The minimum absolute atomic E-state index is 0.318. The third-order valence-electron chi connectivity index (χ3n) is 3.02. The monoisotopic (exact) mass is 272 g/mol. The number of aromatic nitrogens is 2. The first-order chi connectivity index (χ1) is 9.16. The Morgan fingerprint density at radius 3 is 2.74 bits per heavy atom. The van der Waals surface area contributed by atoms with Crippen molar-refractivity contribution in [1.29, 1.82) is 0 Å². The fourth-order valence-corrected chi connectivity index (χ4v) is 2.28. The molecule has 0 fully saturated rings. The number of rotatable bonds is 1. The fraction of sp³-hybridized carbons (Fsp3) is 0.0667. The molecule has 0 amide bonds. The summed E-state index contributed by atoms with van der Waals surface area (Å²) in [5.74, 6) is -0.318. The van der Waals surface area contributed by atoms with E-state index in [1.807, 2.05) is 25.1 Å². The molecule has 2 heterocycles. The van der Waals surface area contributed by atoms with Gasteiger partial charge in [0.15, 0.2) is 0 Å². The summed E-state index contributed by atoms with van der Waals surface area (Å²) in [5.41, 5.74) is 2.95. The zero-order chi connectivity index (χ0) is 13.4. The zero-order valence-electron chi connectivity index (χ0n) is 10.2. The predicted molar refractivity (Wildman–Crippen MR) is 74.7 cm³/mol. The maximum Gasteiger partial charge on any atom is 0.124 e. The molecule has 0 saturated heterocycles. The van der Waals surface area contributed by atoms with E-state index in [9.17, 15) is 4.39 Å². The van der Waals surface area contributed by atoms with E-state index in [2.05, 4.69) is 9.97 Å². The largest absolute Gasteiger partial charge is 0.255 e. The van der Waals surface area contributed by atoms with Gasteiger partial charge in [0.25, 0.3) is 0 Å². The van der Waals surface area contributed by atoms with Crippen LogP contribution in [0.1, 0.15) is 5.56 Å². The number of halogens is 2. The topological polar surface area (TPSA) is 25.8 Å². The van der Waals surface area contributed by atoms with Crippen molar-refractivity contribution >= 4 is 22.5 Å². The molecule has 0 aliphatic rings. The van der Waals surface area contributed by atoms with Gasteiger partial charge in [-0.3, -0.25) is 4.98 Å². The van der Waals surface area contributed by atoms with Gasteiger partial charge in [-0.25, -0.2) is 9.37 Å². The number of nitrogens with zero attached hydrogens (tertiary/aromatic N) is 2. The highest BCUT2D eigenvalue weighted by Gasteiger charge is 2.12. The van der Waals surface area contributed by atoms with E-state index < -0.39 is 0 Å². The van der Waals surface area contributed by atoms with Crippen LogP contribution in [0.25, 0.3) is 22.3 Å². The molecule has 0 atom stereocenters. The van der Waals surface area contributed by atoms with Crippen LogP contribution in [0.4, 0.5) is 4.39 Å². The Bertz CT molecular complexity index is 757. The van der Waals surface area contributed by atoms with E-state index in [1.54, 1.807) is 12.3 Å². The van der Waals surface area contributed by atoms with Crippen LogP contribution in [-0.2, 0) is 0 Å². The van der Waals surface area contributed by atoms with Gasteiger partial charge >= 0.3 is 0 Å². The van der Waals surface area contributed by atoms with Crippen molar-refractivity contribution < 1.29 is 4.39 Å². The van der Waals surface area contributed by atoms with E-state index in [0.717, 1.165) is 17.0 Å². The van der Waals surface area contributed by atoms with Crippen LogP contribution in [0.3, 0.4) is 0 Å². The lowest BCUT2D eigenvalue weighted by molar-refractivity contribution is 0.629. The predicted octanol–water partition coefficient (Wildman–Crippen LogP) is 4.40. The molecule has 0 spiro atoms. The second kappa shape index (κ2) is 4.59. The molecule has 94 valence electrons. The van der Waals surface area contributed by atoms with Crippen LogP contribution in [0.2, 0.25) is 5.02 Å². The number of hydrogen-bond donors (Lipinski definition) is 0. The number of pyridine rings is 2. The molecule has 0 bridgehead atoms. The van der Waals surface area contributed by atoms with Crippen molar-refractivity contribution in [2.45, 2.75) is 6.92 Å².